The van der Waals surface area contributed by atoms with Crippen LogP contribution in [0.15, 0.2) is 89.8 Å². The summed E-state index contributed by atoms with van der Waals surface area (Å²) in [5.41, 5.74) is 2.62. The number of pyridine rings is 1. The Morgan fingerprint density at radius 3 is 2.43 bits per heavy atom. The number of likely N-dealkylation sites (tertiary alicyclic amines) is 2. The molecule has 0 spiro atoms. The molecule has 1 saturated carbocycles. The van der Waals surface area contributed by atoms with Crippen LogP contribution in [0.3, 0.4) is 0 Å². The maximum Gasteiger partial charge on any atom is 0.410 e. The molecule has 4 atom stereocenters. The molecule has 5 heterocycles. The molecule has 0 bridgehead atoms. The highest BCUT2D eigenvalue weighted by Gasteiger charge is 2.46. The Morgan fingerprint density at radius 2 is 1.71 bits per heavy atom. The highest BCUT2D eigenvalue weighted by molar-refractivity contribution is 5.96. The summed E-state index contributed by atoms with van der Waals surface area (Å²) in [4.78, 5) is 79.4. The van der Waals surface area contributed by atoms with Crippen molar-refractivity contribution in [3.63, 3.8) is 0 Å². The lowest BCUT2D eigenvalue weighted by atomic mass is 9.81. The summed E-state index contributed by atoms with van der Waals surface area (Å²) in [6.07, 6.45) is 5.01. The highest BCUT2D eigenvalue weighted by atomic mass is 19.3. The van der Waals surface area contributed by atoms with Crippen molar-refractivity contribution in [1.29, 1.82) is 0 Å². The van der Waals surface area contributed by atoms with E-state index in [4.69, 9.17) is 13.9 Å². The number of nitrogens with one attached hydrogen (secondary N) is 1. The molecule has 68 heavy (non-hydrogen) atoms. The zero-order valence-electron chi connectivity index (χ0n) is 38.7. The third-order valence-corrected chi connectivity index (χ3v) is 13.2. The van der Waals surface area contributed by atoms with E-state index in [0.717, 1.165) is 30.0 Å². The zero-order chi connectivity index (χ0) is 48.1. The predicted octanol–water partition coefficient (Wildman–Crippen LogP) is 8.24. The van der Waals surface area contributed by atoms with E-state index in [2.05, 4.69) is 20.4 Å². The number of aromatic nitrogens is 4. The van der Waals surface area contributed by atoms with Crippen LogP contribution in [0.1, 0.15) is 111 Å². The van der Waals surface area contributed by atoms with Crippen LogP contribution in [0.2, 0.25) is 0 Å². The number of Topliss-reactive ketones (excluding diaryl/α,β-unsaturated/α-hetero) is 1. The Bertz CT molecular complexity index is 2610. The van der Waals surface area contributed by atoms with Gasteiger partial charge in [0.2, 0.25) is 17.7 Å². The summed E-state index contributed by atoms with van der Waals surface area (Å²) in [6.45, 7) is 8.09. The second-order valence-electron chi connectivity index (χ2n) is 19.1. The van der Waals surface area contributed by atoms with Gasteiger partial charge in [-0.05, 0) is 72.4 Å². The lowest BCUT2D eigenvalue weighted by Gasteiger charge is -2.32. The number of carbonyl (C=O) groups excluding carboxylic acids is 5. The van der Waals surface area contributed by atoms with Gasteiger partial charge in [0.1, 0.15) is 42.4 Å². The van der Waals surface area contributed by atoms with E-state index in [9.17, 15) is 32.8 Å². The quantitative estimate of drug-likeness (QED) is 0.0701. The zero-order valence-corrected chi connectivity index (χ0v) is 38.7. The van der Waals surface area contributed by atoms with Crippen molar-refractivity contribution >= 4 is 29.7 Å². The van der Waals surface area contributed by atoms with Gasteiger partial charge in [-0.15, -0.1) is 0 Å². The fourth-order valence-corrected chi connectivity index (χ4v) is 8.52. The molecule has 3 amide bonds. The van der Waals surface area contributed by atoms with Gasteiger partial charge in [0.05, 0.1) is 12.2 Å². The summed E-state index contributed by atoms with van der Waals surface area (Å²) >= 11 is 0. The van der Waals surface area contributed by atoms with Crippen molar-refractivity contribution in [1.82, 2.24) is 34.9 Å². The number of ketones is 1. The van der Waals surface area contributed by atoms with Crippen molar-refractivity contribution in [2.24, 2.45) is 17.3 Å². The van der Waals surface area contributed by atoms with Crippen LogP contribution in [0.5, 0.6) is 0 Å². The number of alkyl halides is 2. The Kier molecular flexibility index (Phi) is 14.5. The lowest BCUT2D eigenvalue weighted by Crippen LogP contribution is -2.49. The number of carbonyl (C=O) groups is 5. The molecule has 15 nitrogen and oxygen atoms in total. The smallest absolute Gasteiger partial charge is 0.410 e. The van der Waals surface area contributed by atoms with Crippen LogP contribution >= 0.6 is 0 Å². The Balaban J connectivity index is 0.884. The van der Waals surface area contributed by atoms with Crippen molar-refractivity contribution in [2.75, 3.05) is 13.1 Å². The second kappa shape index (κ2) is 20.6. The summed E-state index contributed by atoms with van der Waals surface area (Å²) in [5.74, 6) is -1.27. The number of benzene rings is 2. The molecule has 1 aliphatic carbocycles. The fourth-order valence-electron chi connectivity index (χ4n) is 8.52. The van der Waals surface area contributed by atoms with Crippen molar-refractivity contribution < 1.29 is 46.6 Å². The second-order valence-corrected chi connectivity index (χ2v) is 19.1. The third kappa shape index (κ3) is 11.5. The number of esters is 1. The fraction of sp³-hybridized carbons (Fsp3) is 0.451. The predicted molar refractivity (Wildman–Crippen MR) is 244 cm³/mol. The largest absolute Gasteiger partial charge is 0.459 e. The SMILES string of the molecule is C[C@H](C(=O)N1C[C@H](OC(=O)[C@@H]2CCCN2C(=O)OCc2ccccc2)C[C@H]1C(=O)NCc1ccc(-n2cc(CC(=O)c3coc(-c4ccnc(CCC5CC5)c4)n3)c(C(F)F)n2)cc1)C(C)(C)C. The maximum absolute atomic E-state index is 14.3. The molecule has 358 valence electrons. The van der Waals surface area contributed by atoms with Crippen molar-refractivity contribution in [2.45, 2.75) is 117 Å². The van der Waals surface area contributed by atoms with Gasteiger partial charge >= 0.3 is 12.1 Å². The van der Waals surface area contributed by atoms with Gasteiger partial charge in [0.25, 0.3) is 6.43 Å². The third-order valence-electron chi connectivity index (χ3n) is 13.2. The monoisotopic (exact) mass is 933 g/mol. The van der Waals surface area contributed by atoms with Crippen LogP contribution in [0.25, 0.3) is 17.1 Å². The minimum absolute atomic E-state index is 0.00724. The first kappa shape index (κ1) is 47.7. The topological polar surface area (TPSA) is 179 Å². The minimum Gasteiger partial charge on any atom is -0.459 e. The average Bonchev–Trinajstić information content (AvgIpc) is 3.74. The van der Waals surface area contributed by atoms with E-state index in [1.54, 1.807) is 36.5 Å². The highest BCUT2D eigenvalue weighted by Crippen LogP contribution is 2.34. The number of amides is 3. The van der Waals surface area contributed by atoms with Crippen molar-refractivity contribution in [3.8, 4) is 17.1 Å². The standard InChI is InChI=1S/C51H57F2N7O8/c1-31(51(2,3)4)48(63)59-28-39(68-49(64)41-11-8-22-58(41)50(65)67-29-34-9-6-5-7-10-34)25-42(59)46(62)55-26-33-15-18-38(19-16-33)60-27-36(44(57-60)45(52)53)24-43(61)40-30-66-47(56-40)35-20-21-54-37(23-35)17-14-32-12-13-32/h5-7,9-10,15-16,18-21,23,27,30-32,39,41-42,45H,8,11-14,17,22,24-26,28-29H2,1-4H3,(H,55,62)/t31-,39-,41+,42+/m1/s1. The van der Waals surface area contributed by atoms with Gasteiger partial charge < -0.3 is 24.1 Å². The van der Waals surface area contributed by atoms with Gasteiger partial charge in [-0.2, -0.15) is 5.10 Å². The van der Waals surface area contributed by atoms with Gasteiger partial charge in [-0.3, -0.25) is 24.3 Å². The number of oxazole rings is 1. The summed E-state index contributed by atoms with van der Waals surface area (Å²) in [7, 11) is 0. The van der Waals surface area contributed by atoms with Crippen LogP contribution in [0.4, 0.5) is 13.6 Å². The number of aryl methyl sites for hydroxylation is 1. The molecule has 3 aromatic heterocycles. The van der Waals surface area contributed by atoms with E-state index < -0.39 is 65.4 Å². The molecule has 3 aliphatic rings. The van der Waals surface area contributed by atoms with E-state index in [1.165, 1.54) is 39.8 Å². The van der Waals surface area contributed by atoms with Crippen LogP contribution in [-0.4, -0.2) is 90.5 Å². The average molecular weight is 934 g/mol. The van der Waals surface area contributed by atoms with Gasteiger partial charge in [-0.1, -0.05) is 83.0 Å². The number of rotatable bonds is 17. The number of nitrogens with zero attached hydrogens (tertiary/aromatic N) is 6. The molecular formula is C51H57F2N7O8. The number of hydrogen-bond acceptors (Lipinski definition) is 11. The molecule has 2 aromatic carbocycles. The number of halogens is 2. The molecule has 0 unspecified atom stereocenters. The molecule has 17 heteroatoms. The van der Waals surface area contributed by atoms with Gasteiger partial charge in [0.15, 0.2) is 5.78 Å². The van der Waals surface area contributed by atoms with E-state index >= 15 is 0 Å². The van der Waals surface area contributed by atoms with E-state index in [1.807, 2.05) is 64.1 Å². The van der Waals surface area contributed by atoms with E-state index in [0.29, 0.717) is 36.2 Å². The normalized spacial score (nSPS) is 18.7. The van der Waals surface area contributed by atoms with Gasteiger partial charge in [-0.25, -0.2) is 28.0 Å². The molecule has 8 rings (SSSR count). The first-order valence-electron chi connectivity index (χ1n) is 23.3. The first-order valence-corrected chi connectivity index (χ1v) is 23.3. The van der Waals surface area contributed by atoms with E-state index in [-0.39, 0.29) is 55.6 Å². The molecule has 2 aliphatic heterocycles. The lowest BCUT2D eigenvalue weighted by molar-refractivity contribution is -0.154. The van der Waals surface area contributed by atoms with Crippen molar-refractivity contribution in [3.05, 3.63) is 119 Å². The first-order chi connectivity index (χ1) is 32.6. The minimum atomic E-state index is -2.95. The maximum atomic E-state index is 14.3. The van der Waals surface area contributed by atoms with Crippen LogP contribution in [0, 0.1) is 17.3 Å². The van der Waals surface area contributed by atoms with Crippen LogP contribution in [-0.2, 0) is 49.9 Å². The molecule has 1 N–H and O–H groups in total. The number of hydrogen-bond donors (Lipinski definition) is 1. The molecule has 5 aromatic rings. The summed E-state index contributed by atoms with van der Waals surface area (Å²) in [5, 5.41) is 7.03. The Labute approximate surface area is 393 Å². The summed E-state index contributed by atoms with van der Waals surface area (Å²) < 4.78 is 46.9. The van der Waals surface area contributed by atoms with Crippen LogP contribution < -0.4 is 5.32 Å². The molecular weight excluding hydrogens is 877 g/mol. The van der Waals surface area contributed by atoms with Gasteiger partial charge in [0, 0.05) is 61.1 Å². The summed E-state index contributed by atoms with van der Waals surface area (Å²) in [6, 6.07) is 17.8. The molecule has 0 radical (unpaired) electrons. The Morgan fingerprint density at radius 1 is 0.941 bits per heavy atom. The Hall–Kier alpha value is -6.78. The molecule has 3 fully saturated rings. The number of ether oxygens (including phenoxy) is 2. The molecule has 2 saturated heterocycles.